The summed E-state index contributed by atoms with van der Waals surface area (Å²) in [5, 5.41) is 11.1. The number of thioether (sulfide) groups is 1. The van der Waals surface area contributed by atoms with Crippen LogP contribution in [-0.4, -0.2) is 26.8 Å². The molecular formula is C14H10F2N4OS2. The molecule has 3 rings (SSSR count). The second-order valence-electron chi connectivity index (χ2n) is 4.34. The van der Waals surface area contributed by atoms with Gasteiger partial charge in [-0.05, 0) is 35.7 Å². The third-order valence-corrected chi connectivity index (χ3v) is 4.41. The van der Waals surface area contributed by atoms with Gasteiger partial charge < -0.3 is 0 Å². The van der Waals surface area contributed by atoms with E-state index in [0.717, 1.165) is 4.88 Å². The van der Waals surface area contributed by atoms with Crippen LogP contribution in [0, 0.1) is 0 Å². The number of carbonyl (C=O) groups excluding carboxylic acids is 1. The van der Waals surface area contributed by atoms with Crippen molar-refractivity contribution in [2.24, 2.45) is 0 Å². The zero-order chi connectivity index (χ0) is 16.2. The van der Waals surface area contributed by atoms with Crippen molar-refractivity contribution in [3.63, 3.8) is 0 Å². The summed E-state index contributed by atoms with van der Waals surface area (Å²) >= 11 is 1.93. The number of rotatable bonds is 5. The molecule has 2 heterocycles. The standard InChI is InChI=1S/C14H10F2N4OS2/c15-13(16)23-9-5-3-8(4-6-9)12(21)18-14-17-11(19-20-14)10-2-1-7-22-10/h1-7,13H,(H2,17,18,19,20,21). The van der Waals surface area contributed by atoms with E-state index in [0.29, 0.717) is 28.0 Å². The third-order valence-electron chi connectivity index (χ3n) is 2.81. The molecule has 2 aromatic heterocycles. The summed E-state index contributed by atoms with van der Waals surface area (Å²) in [7, 11) is 0. The van der Waals surface area contributed by atoms with Crippen LogP contribution in [0.2, 0.25) is 0 Å². The quantitative estimate of drug-likeness (QED) is 0.678. The first kappa shape index (κ1) is 15.6. The molecule has 0 radical (unpaired) electrons. The molecule has 3 aromatic rings. The average Bonchev–Trinajstić information content (AvgIpc) is 3.18. The molecule has 0 saturated heterocycles. The number of aromatic nitrogens is 3. The second-order valence-corrected chi connectivity index (χ2v) is 6.35. The minimum atomic E-state index is -2.49. The lowest BCUT2D eigenvalue weighted by atomic mass is 10.2. The number of nitrogens with one attached hydrogen (secondary N) is 2. The number of aromatic amines is 1. The molecule has 0 spiro atoms. The van der Waals surface area contributed by atoms with Crippen LogP contribution in [0.3, 0.4) is 0 Å². The van der Waals surface area contributed by atoms with Crippen molar-refractivity contribution in [2.75, 3.05) is 5.32 Å². The van der Waals surface area contributed by atoms with Crippen molar-refractivity contribution in [3.8, 4) is 10.7 Å². The predicted molar refractivity (Wildman–Crippen MR) is 86.0 cm³/mol. The Morgan fingerprint density at radius 1 is 1.26 bits per heavy atom. The van der Waals surface area contributed by atoms with Gasteiger partial charge in [-0.1, -0.05) is 17.8 Å². The minimum Gasteiger partial charge on any atom is -0.289 e. The maximum atomic E-state index is 12.3. The van der Waals surface area contributed by atoms with Gasteiger partial charge in [0.1, 0.15) is 0 Å². The highest BCUT2D eigenvalue weighted by atomic mass is 32.2. The molecule has 0 fully saturated rings. The molecule has 2 N–H and O–H groups in total. The van der Waals surface area contributed by atoms with E-state index in [2.05, 4.69) is 20.5 Å². The number of hydrogen-bond acceptors (Lipinski definition) is 5. The number of thiophene rings is 1. The first-order valence-corrected chi connectivity index (χ1v) is 8.20. The highest BCUT2D eigenvalue weighted by molar-refractivity contribution is 7.99. The van der Waals surface area contributed by atoms with Crippen molar-refractivity contribution in [1.29, 1.82) is 0 Å². The van der Waals surface area contributed by atoms with E-state index < -0.39 is 11.7 Å². The van der Waals surface area contributed by atoms with Crippen molar-refractivity contribution in [2.45, 2.75) is 10.7 Å². The summed E-state index contributed by atoms with van der Waals surface area (Å²) in [6.45, 7) is 0. The van der Waals surface area contributed by atoms with Gasteiger partial charge in [-0.2, -0.15) is 13.8 Å². The fourth-order valence-electron chi connectivity index (χ4n) is 1.80. The second kappa shape index (κ2) is 6.88. The summed E-state index contributed by atoms with van der Waals surface area (Å²) < 4.78 is 24.5. The molecule has 0 saturated carbocycles. The molecule has 5 nitrogen and oxygen atoms in total. The lowest BCUT2D eigenvalue weighted by Crippen LogP contribution is -2.12. The van der Waals surface area contributed by atoms with Crippen LogP contribution in [0.5, 0.6) is 0 Å². The summed E-state index contributed by atoms with van der Waals surface area (Å²) in [5.74, 6) is -2.17. The summed E-state index contributed by atoms with van der Waals surface area (Å²) in [5.41, 5.74) is 0.339. The monoisotopic (exact) mass is 352 g/mol. The number of halogens is 2. The Bertz CT molecular complexity index is 787. The van der Waals surface area contributed by atoms with Gasteiger partial charge in [0.15, 0.2) is 5.82 Å². The van der Waals surface area contributed by atoms with Crippen LogP contribution < -0.4 is 5.32 Å². The largest absolute Gasteiger partial charge is 0.289 e. The number of hydrogen-bond donors (Lipinski definition) is 2. The van der Waals surface area contributed by atoms with Crippen LogP contribution in [0.15, 0.2) is 46.7 Å². The van der Waals surface area contributed by atoms with Gasteiger partial charge in [-0.3, -0.25) is 15.2 Å². The lowest BCUT2D eigenvalue weighted by molar-refractivity contribution is 0.102. The normalized spacial score (nSPS) is 10.9. The number of anilines is 1. The van der Waals surface area contributed by atoms with E-state index in [-0.39, 0.29) is 5.95 Å². The van der Waals surface area contributed by atoms with Gasteiger partial charge in [-0.15, -0.1) is 16.4 Å². The molecule has 0 atom stereocenters. The Morgan fingerprint density at radius 3 is 2.70 bits per heavy atom. The highest BCUT2D eigenvalue weighted by Crippen LogP contribution is 2.25. The van der Waals surface area contributed by atoms with Gasteiger partial charge in [0.25, 0.3) is 11.7 Å². The predicted octanol–water partition coefficient (Wildman–Crippen LogP) is 4.10. The lowest BCUT2D eigenvalue weighted by Gasteiger charge is -2.03. The molecule has 0 bridgehead atoms. The minimum absolute atomic E-state index is 0.157. The summed E-state index contributed by atoms with van der Waals surface area (Å²) in [4.78, 5) is 17.6. The Hall–Kier alpha value is -2.26. The van der Waals surface area contributed by atoms with Gasteiger partial charge in [-0.25, -0.2) is 0 Å². The SMILES string of the molecule is O=C(Nc1n[nH]c(-c2cccs2)n1)c1ccc(SC(F)F)cc1. The van der Waals surface area contributed by atoms with E-state index in [1.165, 1.54) is 35.6 Å². The molecule has 0 aliphatic carbocycles. The van der Waals surface area contributed by atoms with E-state index in [4.69, 9.17) is 0 Å². The van der Waals surface area contributed by atoms with Crippen LogP contribution in [-0.2, 0) is 0 Å². The van der Waals surface area contributed by atoms with Crippen LogP contribution in [0.4, 0.5) is 14.7 Å². The number of H-pyrrole nitrogens is 1. The van der Waals surface area contributed by atoms with Crippen molar-refractivity contribution in [1.82, 2.24) is 15.2 Å². The van der Waals surface area contributed by atoms with Crippen LogP contribution >= 0.6 is 23.1 Å². The first-order valence-electron chi connectivity index (χ1n) is 6.44. The maximum absolute atomic E-state index is 12.3. The maximum Gasteiger partial charge on any atom is 0.288 e. The molecule has 1 amide bonds. The zero-order valence-corrected chi connectivity index (χ0v) is 13.1. The van der Waals surface area contributed by atoms with E-state index in [1.807, 2.05) is 17.5 Å². The first-order chi connectivity index (χ1) is 11.1. The van der Waals surface area contributed by atoms with E-state index >= 15 is 0 Å². The van der Waals surface area contributed by atoms with Crippen molar-refractivity contribution >= 4 is 35.0 Å². The van der Waals surface area contributed by atoms with Gasteiger partial charge in [0, 0.05) is 10.5 Å². The highest BCUT2D eigenvalue weighted by Gasteiger charge is 2.12. The fraction of sp³-hybridized carbons (Fsp3) is 0.0714. The smallest absolute Gasteiger partial charge is 0.288 e. The van der Waals surface area contributed by atoms with Crippen LogP contribution in [0.25, 0.3) is 10.7 Å². The Labute approximate surface area is 138 Å². The molecule has 0 unspecified atom stereocenters. The average molecular weight is 352 g/mol. The van der Waals surface area contributed by atoms with Crippen molar-refractivity contribution in [3.05, 3.63) is 47.3 Å². The Morgan fingerprint density at radius 2 is 2.04 bits per heavy atom. The number of benzene rings is 1. The Kier molecular flexibility index (Phi) is 4.68. The van der Waals surface area contributed by atoms with Crippen LogP contribution in [0.1, 0.15) is 10.4 Å². The topological polar surface area (TPSA) is 70.7 Å². The zero-order valence-electron chi connectivity index (χ0n) is 11.5. The van der Waals surface area contributed by atoms with E-state index in [9.17, 15) is 13.6 Å². The Balaban J connectivity index is 1.67. The van der Waals surface area contributed by atoms with Crippen molar-refractivity contribution < 1.29 is 13.6 Å². The van der Waals surface area contributed by atoms with Gasteiger partial charge in [0.2, 0.25) is 5.95 Å². The van der Waals surface area contributed by atoms with E-state index in [1.54, 1.807) is 0 Å². The number of nitrogens with zero attached hydrogens (tertiary/aromatic N) is 2. The number of alkyl halides is 2. The molecule has 118 valence electrons. The van der Waals surface area contributed by atoms with Gasteiger partial charge >= 0.3 is 0 Å². The van der Waals surface area contributed by atoms with Gasteiger partial charge in [0.05, 0.1) is 4.88 Å². The summed E-state index contributed by atoms with van der Waals surface area (Å²) in [6, 6.07) is 9.68. The molecule has 0 aliphatic rings. The third kappa shape index (κ3) is 3.93. The molecule has 9 heteroatoms. The molecular weight excluding hydrogens is 342 g/mol. The summed E-state index contributed by atoms with van der Waals surface area (Å²) in [6.07, 6.45) is 0. The fourth-order valence-corrected chi connectivity index (χ4v) is 2.97. The number of amides is 1. The molecule has 1 aromatic carbocycles. The number of carbonyl (C=O) groups is 1. The molecule has 0 aliphatic heterocycles. The molecule has 23 heavy (non-hydrogen) atoms.